The van der Waals surface area contributed by atoms with Gasteiger partial charge in [-0.1, -0.05) is 43.7 Å². The number of aromatic nitrogens is 1. The number of methoxy groups -OCH3 is 1. The lowest BCUT2D eigenvalue weighted by molar-refractivity contribution is -0.199. The molecule has 55 heavy (non-hydrogen) atoms. The molecule has 2 aliphatic rings. The molecule has 0 spiro atoms. The number of amides is 3. The maximum absolute atomic E-state index is 14.1. The average Bonchev–Trinajstić information content (AvgIpc) is 3.67. The maximum Gasteiger partial charge on any atom is 0.513 e. The molecule has 1 aromatic heterocycles. The fraction of sp³-hybridized carbons (Fsp3) is 0.556. The van der Waals surface area contributed by atoms with E-state index in [1.54, 1.807) is 13.2 Å². The summed E-state index contributed by atoms with van der Waals surface area (Å²) in [6, 6.07) is 11.3. The number of nitrogens with one attached hydrogen (secondary N) is 1. The van der Waals surface area contributed by atoms with Crippen molar-refractivity contribution in [2.24, 2.45) is 0 Å². The van der Waals surface area contributed by atoms with Gasteiger partial charge < -0.3 is 48.4 Å². The Balaban J connectivity index is 1.58. The van der Waals surface area contributed by atoms with Gasteiger partial charge in [0.1, 0.15) is 11.7 Å². The Morgan fingerprint density at radius 2 is 1.55 bits per heavy atom. The first-order chi connectivity index (χ1) is 26.5. The van der Waals surface area contributed by atoms with E-state index in [1.165, 1.54) is 23.6 Å². The minimum atomic E-state index is -3.44. The smallest absolute Gasteiger partial charge is 0.449 e. The fourth-order valence-electron chi connectivity index (χ4n) is 5.74. The van der Waals surface area contributed by atoms with Crippen LogP contribution in [0.25, 0.3) is 11.3 Å². The van der Waals surface area contributed by atoms with Crippen molar-refractivity contribution >= 4 is 43.9 Å². The van der Waals surface area contributed by atoms with Gasteiger partial charge >= 0.3 is 24.9 Å². The first-order valence-electron chi connectivity index (χ1n) is 18.3. The number of nitrogens with zero attached hydrogens (tertiary/aromatic N) is 4. The Morgan fingerprint density at radius 3 is 2.15 bits per heavy atom. The lowest BCUT2D eigenvalue weighted by Crippen LogP contribution is -2.56. The van der Waals surface area contributed by atoms with Crippen LogP contribution >= 0.6 is 8.03 Å². The van der Waals surface area contributed by atoms with E-state index in [0.717, 1.165) is 30.5 Å². The highest BCUT2D eigenvalue weighted by molar-refractivity contribution is 7.39. The van der Waals surface area contributed by atoms with E-state index in [-0.39, 0.29) is 57.8 Å². The molecule has 3 amide bonds. The first kappa shape index (κ1) is 42.8. The molecule has 0 aliphatic carbocycles. The highest BCUT2D eigenvalue weighted by Gasteiger charge is 2.34. The third-order valence-corrected chi connectivity index (χ3v) is 9.84. The van der Waals surface area contributed by atoms with Gasteiger partial charge in [-0.2, -0.15) is 0 Å². The molecule has 1 N–H and O–H groups in total. The molecule has 4 rings (SSSR count). The Hall–Kier alpha value is -4.93. The Kier molecular flexibility index (Phi) is 17.0. The van der Waals surface area contributed by atoms with Gasteiger partial charge in [-0.15, -0.1) is 0 Å². The van der Waals surface area contributed by atoms with E-state index in [0.29, 0.717) is 18.8 Å². The zero-order chi connectivity index (χ0) is 39.7. The second kappa shape index (κ2) is 21.8. The molecule has 2 saturated heterocycles. The highest BCUT2D eigenvalue weighted by atomic mass is 31.1. The van der Waals surface area contributed by atoms with Crippen molar-refractivity contribution in [1.29, 1.82) is 0 Å². The largest absolute Gasteiger partial charge is 0.513 e. The zero-order valence-corrected chi connectivity index (χ0v) is 32.6. The summed E-state index contributed by atoms with van der Waals surface area (Å²) < 4.78 is 48.8. The predicted octanol–water partition coefficient (Wildman–Crippen LogP) is 4.27. The molecule has 0 saturated carbocycles. The summed E-state index contributed by atoms with van der Waals surface area (Å²) in [6.45, 7) is 4.74. The van der Waals surface area contributed by atoms with Crippen LogP contribution < -0.4 is 10.2 Å². The molecule has 18 nitrogen and oxygen atoms in total. The van der Waals surface area contributed by atoms with Crippen LogP contribution in [-0.2, 0) is 42.3 Å². The summed E-state index contributed by atoms with van der Waals surface area (Å²) in [5, 5.41) is 2.68. The van der Waals surface area contributed by atoms with E-state index in [2.05, 4.69) is 15.2 Å². The standard InChI is InChI=1S/C36H50N5O13P/c1-5-8-20-51-33(44)40-18-16-39(17-19-40)32(43)30(24-55(47)54-36(52-34(45)49-6-2)53-35(46)50-7-3)38-31(42)29-22-26(41-15-14-27(23-41)48-4)21-28(37-29)25-12-10-9-11-13-25/h9-13,21-22,27,30,36,55H,5-8,14-20,23-24H2,1-4H3,(H,38,42). The number of pyridine rings is 1. The quantitative estimate of drug-likeness (QED) is 0.0782. The molecule has 302 valence electrons. The molecule has 3 heterocycles. The Labute approximate surface area is 320 Å². The summed E-state index contributed by atoms with van der Waals surface area (Å²) in [5.74, 6) is -1.36. The summed E-state index contributed by atoms with van der Waals surface area (Å²) in [4.78, 5) is 74.3. The lowest BCUT2D eigenvalue weighted by atomic mass is 10.1. The van der Waals surface area contributed by atoms with Crippen LogP contribution in [-0.4, -0.2) is 136 Å². The van der Waals surface area contributed by atoms with Crippen LogP contribution in [0.1, 0.15) is 50.5 Å². The molecule has 3 unspecified atom stereocenters. The highest BCUT2D eigenvalue weighted by Crippen LogP contribution is 2.30. The average molecular weight is 792 g/mol. The van der Waals surface area contributed by atoms with E-state index in [1.807, 2.05) is 43.3 Å². The van der Waals surface area contributed by atoms with Gasteiger partial charge in [0.05, 0.1) is 37.8 Å². The number of hydrogen-bond acceptors (Lipinski definition) is 15. The van der Waals surface area contributed by atoms with Gasteiger partial charge in [0.25, 0.3) is 5.91 Å². The van der Waals surface area contributed by atoms with E-state index in [9.17, 15) is 28.5 Å². The van der Waals surface area contributed by atoms with E-state index in [4.69, 9.17) is 32.9 Å². The van der Waals surface area contributed by atoms with Gasteiger partial charge in [-0.05, 0) is 38.8 Å². The maximum atomic E-state index is 14.1. The van der Waals surface area contributed by atoms with Crippen molar-refractivity contribution < 1.29 is 61.5 Å². The summed E-state index contributed by atoms with van der Waals surface area (Å²) in [5.41, 5.74) is 1.98. The predicted molar refractivity (Wildman–Crippen MR) is 198 cm³/mol. The number of benzene rings is 1. The first-order valence-corrected chi connectivity index (χ1v) is 19.8. The van der Waals surface area contributed by atoms with Crippen LogP contribution in [0.2, 0.25) is 0 Å². The van der Waals surface area contributed by atoms with Crippen molar-refractivity contribution in [2.45, 2.75) is 58.7 Å². The van der Waals surface area contributed by atoms with Gasteiger partial charge in [0.2, 0.25) is 13.9 Å². The molecule has 19 heteroatoms. The molecule has 3 atom stereocenters. The minimum absolute atomic E-state index is 0.00773. The molecule has 0 radical (unpaired) electrons. The van der Waals surface area contributed by atoms with Crippen molar-refractivity contribution in [3.8, 4) is 11.3 Å². The molecule has 2 fully saturated rings. The summed E-state index contributed by atoms with van der Waals surface area (Å²) in [7, 11) is -1.79. The Bertz CT molecular complexity index is 1610. The van der Waals surface area contributed by atoms with Crippen LogP contribution in [0.15, 0.2) is 42.5 Å². The van der Waals surface area contributed by atoms with Gasteiger partial charge in [0, 0.05) is 57.6 Å². The van der Waals surface area contributed by atoms with Gasteiger partial charge in [-0.25, -0.2) is 19.4 Å². The number of anilines is 1. The summed E-state index contributed by atoms with van der Waals surface area (Å²) >= 11 is 0. The normalized spacial score (nSPS) is 16.6. The number of rotatable bonds is 17. The number of ether oxygens (including phenoxy) is 6. The van der Waals surface area contributed by atoms with Gasteiger partial charge in [0.15, 0.2) is 0 Å². The van der Waals surface area contributed by atoms with E-state index < -0.39 is 56.9 Å². The molecule has 2 aliphatic heterocycles. The summed E-state index contributed by atoms with van der Waals surface area (Å²) in [6.07, 6.45) is -1.28. The Morgan fingerprint density at radius 1 is 0.891 bits per heavy atom. The van der Waals surface area contributed by atoms with Crippen molar-refractivity contribution in [1.82, 2.24) is 20.1 Å². The second-order valence-corrected chi connectivity index (χ2v) is 13.8. The van der Waals surface area contributed by atoms with E-state index >= 15 is 0 Å². The fourth-order valence-corrected chi connectivity index (χ4v) is 6.76. The minimum Gasteiger partial charge on any atom is -0.449 e. The van der Waals surface area contributed by atoms with Crippen molar-refractivity contribution in [3.63, 3.8) is 0 Å². The third-order valence-electron chi connectivity index (χ3n) is 8.64. The monoisotopic (exact) mass is 791 g/mol. The molecular formula is C36H50N5O13P. The van der Waals surface area contributed by atoms with Crippen molar-refractivity contribution in [3.05, 3.63) is 48.2 Å². The SMILES string of the molecule is CCCCOC(=O)N1CCN(C(=O)C(C[PH](=O)OC(OC(=O)OCC)OC(=O)OCC)NC(=O)c2cc(N3CCC(OC)C3)cc(-c3ccccc3)n2)CC1. The molecule has 2 aromatic rings. The van der Waals surface area contributed by atoms with Crippen LogP contribution in [0.4, 0.5) is 20.1 Å². The number of piperazine rings is 1. The second-order valence-electron chi connectivity index (χ2n) is 12.4. The zero-order valence-electron chi connectivity index (χ0n) is 31.6. The molecular weight excluding hydrogens is 741 g/mol. The van der Waals surface area contributed by atoms with Crippen LogP contribution in [0.3, 0.4) is 0 Å². The van der Waals surface area contributed by atoms with Crippen LogP contribution in [0.5, 0.6) is 0 Å². The van der Waals surface area contributed by atoms with Gasteiger partial charge in [-0.3, -0.25) is 18.7 Å². The molecule has 1 aromatic carbocycles. The molecule has 0 bridgehead atoms. The van der Waals surface area contributed by atoms with Crippen molar-refractivity contribution in [2.75, 3.05) is 77.3 Å². The lowest BCUT2D eigenvalue weighted by Gasteiger charge is -2.36. The third kappa shape index (κ3) is 13.1. The topological polar surface area (TPSA) is 202 Å². The number of carbonyl (C=O) groups excluding carboxylic acids is 5. The number of hydrogen-bond donors (Lipinski definition) is 1. The number of unbranched alkanes of at least 4 members (excludes halogenated alkanes) is 1. The number of carbonyl (C=O) groups is 5. The van der Waals surface area contributed by atoms with Crippen LogP contribution in [0, 0.1) is 0 Å².